The van der Waals surface area contributed by atoms with Crippen molar-refractivity contribution in [1.82, 2.24) is 0 Å². The van der Waals surface area contributed by atoms with Gasteiger partial charge in [0.1, 0.15) is 0 Å². The highest BCUT2D eigenvalue weighted by atomic mass is 16.3. The summed E-state index contributed by atoms with van der Waals surface area (Å²) in [4.78, 5) is 0. The summed E-state index contributed by atoms with van der Waals surface area (Å²) in [6.07, 6.45) is 9.84. The van der Waals surface area contributed by atoms with Crippen LogP contribution in [0.5, 0.6) is 0 Å². The maximum atomic E-state index is 10.2. The van der Waals surface area contributed by atoms with Gasteiger partial charge in [-0.15, -0.1) is 0 Å². The fourth-order valence-corrected chi connectivity index (χ4v) is 2.78. The van der Waals surface area contributed by atoms with E-state index in [0.29, 0.717) is 6.42 Å². The molecule has 20 heavy (non-hydrogen) atoms. The lowest BCUT2D eigenvalue weighted by atomic mass is 9.84. The molecule has 0 heterocycles. The summed E-state index contributed by atoms with van der Waals surface area (Å²) in [7, 11) is 0. The van der Waals surface area contributed by atoms with E-state index in [-0.39, 0.29) is 6.42 Å². The summed E-state index contributed by atoms with van der Waals surface area (Å²) in [6, 6.07) is 0. The Kier molecular flexibility index (Phi) is 9.69. The molecule has 0 aliphatic carbocycles. The summed E-state index contributed by atoms with van der Waals surface area (Å²) in [6.45, 7) is 7.15. The van der Waals surface area contributed by atoms with Crippen LogP contribution in [0, 0.1) is 0 Å². The van der Waals surface area contributed by atoms with E-state index < -0.39 is 17.3 Å². The predicted octanol–water partition coefficient (Wildman–Crippen LogP) is 3.79. The lowest BCUT2D eigenvalue weighted by molar-refractivity contribution is -0.108. The van der Waals surface area contributed by atoms with Crippen molar-refractivity contribution in [1.29, 1.82) is 0 Å². The van der Waals surface area contributed by atoms with Crippen LogP contribution in [0.25, 0.3) is 0 Å². The quantitative estimate of drug-likeness (QED) is 0.479. The number of hydrogen-bond donors (Lipinski definition) is 3. The molecule has 0 spiro atoms. The molecule has 0 saturated carbocycles. The normalized spacial score (nSPS) is 16.9. The first-order valence-corrected chi connectivity index (χ1v) is 8.32. The van der Waals surface area contributed by atoms with Gasteiger partial charge >= 0.3 is 0 Å². The van der Waals surface area contributed by atoms with Crippen molar-refractivity contribution in [2.24, 2.45) is 0 Å². The molecule has 0 aromatic heterocycles. The molecule has 0 aromatic rings. The summed E-state index contributed by atoms with van der Waals surface area (Å²) in [5.41, 5.74) is -2.16. The molecule has 0 radical (unpaired) electrons. The Morgan fingerprint density at radius 1 is 0.800 bits per heavy atom. The highest BCUT2D eigenvalue weighted by molar-refractivity contribution is 4.87. The maximum absolute atomic E-state index is 10.2. The monoisotopic (exact) mass is 288 g/mol. The molecule has 3 heteroatoms. The van der Waals surface area contributed by atoms with Gasteiger partial charge in [0.05, 0.1) is 17.3 Å². The molecule has 3 N–H and O–H groups in total. The van der Waals surface area contributed by atoms with Crippen LogP contribution in [0.1, 0.15) is 91.9 Å². The highest BCUT2D eigenvalue weighted by Crippen LogP contribution is 2.26. The third kappa shape index (κ3) is 10.6. The largest absolute Gasteiger partial charge is 0.390 e. The molecule has 0 aliphatic rings. The molecule has 0 aliphatic heterocycles. The molecule has 0 bridgehead atoms. The Morgan fingerprint density at radius 3 is 1.70 bits per heavy atom. The second-order valence-electron chi connectivity index (χ2n) is 7.13. The minimum atomic E-state index is -1.21. The van der Waals surface area contributed by atoms with E-state index in [2.05, 4.69) is 6.92 Å². The van der Waals surface area contributed by atoms with Crippen molar-refractivity contribution in [2.45, 2.75) is 109 Å². The van der Waals surface area contributed by atoms with Crippen molar-refractivity contribution in [3.63, 3.8) is 0 Å². The number of rotatable bonds is 12. The smallest absolute Gasteiger partial charge is 0.0904 e. The Bertz CT molecular complexity index is 231. The summed E-state index contributed by atoms with van der Waals surface area (Å²) in [5, 5.41) is 30.0. The van der Waals surface area contributed by atoms with Crippen molar-refractivity contribution in [3.8, 4) is 0 Å². The first kappa shape index (κ1) is 19.9. The average Bonchev–Trinajstić information content (AvgIpc) is 2.29. The minimum absolute atomic E-state index is 0.193. The standard InChI is InChI=1S/C17H36O3/c1-5-6-7-8-9-10-11-12-13-15(18)17(4,20)14-16(2,3)19/h15,18-20H,5-14H2,1-4H3. The zero-order chi connectivity index (χ0) is 15.6. The van der Waals surface area contributed by atoms with E-state index in [4.69, 9.17) is 0 Å². The van der Waals surface area contributed by atoms with Crippen LogP contribution in [0.15, 0.2) is 0 Å². The third-order valence-electron chi connectivity index (χ3n) is 3.84. The maximum Gasteiger partial charge on any atom is 0.0904 e. The van der Waals surface area contributed by atoms with E-state index in [1.165, 1.54) is 38.5 Å². The number of aliphatic hydroxyl groups is 3. The molecule has 2 unspecified atom stereocenters. The SMILES string of the molecule is CCCCCCCCCCC(O)C(C)(O)CC(C)(C)O. The van der Waals surface area contributed by atoms with Gasteiger partial charge in [-0.2, -0.15) is 0 Å². The first-order valence-electron chi connectivity index (χ1n) is 8.32. The summed E-state index contributed by atoms with van der Waals surface area (Å²) < 4.78 is 0. The Labute approximate surface area is 125 Å². The van der Waals surface area contributed by atoms with Crippen molar-refractivity contribution >= 4 is 0 Å². The number of unbranched alkanes of at least 4 members (excludes halogenated alkanes) is 7. The number of aliphatic hydroxyl groups excluding tert-OH is 1. The van der Waals surface area contributed by atoms with Crippen LogP contribution in [0.3, 0.4) is 0 Å². The molecule has 0 fully saturated rings. The summed E-state index contributed by atoms with van der Waals surface area (Å²) >= 11 is 0. The fraction of sp³-hybridized carbons (Fsp3) is 1.00. The van der Waals surface area contributed by atoms with E-state index >= 15 is 0 Å². The molecule has 0 amide bonds. The number of hydrogen-bond acceptors (Lipinski definition) is 3. The molecule has 122 valence electrons. The zero-order valence-corrected chi connectivity index (χ0v) is 14.0. The van der Waals surface area contributed by atoms with Crippen molar-refractivity contribution < 1.29 is 15.3 Å². The molecule has 2 atom stereocenters. The molecular formula is C17H36O3. The van der Waals surface area contributed by atoms with Gasteiger partial charge in [-0.05, 0) is 27.2 Å². The van der Waals surface area contributed by atoms with Crippen LogP contribution < -0.4 is 0 Å². The second kappa shape index (κ2) is 9.75. The van der Waals surface area contributed by atoms with Crippen LogP contribution in [-0.2, 0) is 0 Å². The predicted molar refractivity (Wildman–Crippen MR) is 84.8 cm³/mol. The Hall–Kier alpha value is -0.120. The zero-order valence-electron chi connectivity index (χ0n) is 14.0. The summed E-state index contributed by atoms with van der Waals surface area (Å²) in [5.74, 6) is 0. The van der Waals surface area contributed by atoms with E-state index in [1.807, 2.05) is 0 Å². The second-order valence-corrected chi connectivity index (χ2v) is 7.13. The van der Waals surface area contributed by atoms with Crippen molar-refractivity contribution in [2.75, 3.05) is 0 Å². The van der Waals surface area contributed by atoms with Crippen LogP contribution in [-0.4, -0.2) is 32.6 Å². The van der Waals surface area contributed by atoms with Crippen LogP contribution in [0.2, 0.25) is 0 Å². The van der Waals surface area contributed by atoms with E-state index in [9.17, 15) is 15.3 Å². The Balaban J connectivity index is 3.69. The third-order valence-corrected chi connectivity index (χ3v) is 3.84. The molecule has 0 saturated heterocycles. The van der Waals surface area contributed by atoms with Crippen LogP contribution >= 0.6 is 0 Å². The highest BCUT2D eigenvalue weighted by Gasteiger charge is 2.35. The van der Waals surface area contributed by atoms with Crippen molar-refractivity contribution in [3.05, 3.63) is 0 Å². The van der Waals surface area contributed by atoms with Gasteiger partial charge in [0, 0.05) is 6.42 Å². The molecular weight excluding hydrogens is 252 g/mol. The van der Waals surface area contributed by atoms with Gasteiger partial charge in [0.2, 0.25) is 0 Å². The first-order chi connectivity index (χ1) is 9.19. The lowest BCUT2D eigenvalue weighted by Gasteiger charge is -2.34. The molecule has 0 rings (SSSR count). The van der Waals surface area contributed by atoms with E-state index in [1.54, 1.807) is 20.8 Å². The fourth-order valence-electron chi connectivity index (χ4n) is 2.78. The molecule has 0 aromatic carbocycles. The van der Waals surface area contributed by atoms with Gasteiger partial charge in [0.25, 0.3) is 0 Å². The minimum Gasteiger partial charge on any atom is -0.390 e. The van der Waals surface area contributed by atoms with Gasteiger partial charge in [-0.1, -0.05) is 58.3 Å². The van der Waals surface area contributed by atoms with Gasteiger partial charge in [-0.3, -0.25) is 0 Å². The van der Waals surface area contributed by atoms with Crippen LogP contribution in [0.4, 0.5) is 0 Å². The molecule has 3 nitrogen and oxygen atoms in total. The van der Waals surface area contributed by atoms with Gasteiger partial charge < -0.3 is 15.3 Å². The topological polar surface area (TPSA) is 60.7 Å². The lowest BCUT2D eigenvalue weighted by Crippen LogP contribution is -2.45. The van der Waals surface area contributed by atoms with Gasteiger partial charge in [0.15, 0.2) is 0 Å². The average molecular weight is 288 g/mol. The van der Waals surface area contributed by atoms with E-state index in [0.717, 1.165) is 12.8 Å². The van der Waals surface area contributed by atoms with Gasteiger partial charge in [-0.25, -0.2) is 0 Å². The Morgan fingerprint density at radius 2 is 1.25 bits per heavy atom.